The van der Waals surface area contributed by atoms with E-state index in [-0.39, 0.29) is 5.88 Å². The normalized spacial score (nSPS) is 20.0. The number of methoxy groups -OCH3 is 1. The van der Waals surface area contributed by atoms with Gasteiger partial charge in [0, 0.05) is 6.54 Å². The average Bonchev–Trinajstić information content (AvgIpc) is 2.14. The fraction of sp³-hybridized carbons (Fsp3) is 0.750. The molecule has 0 bridgehead atoms. The first kappa shape index (κ1) is 13.7. The van der Waals surface area contributed by atoms with Gasteiger partial charge in [-0.25, -0.2) is 9.59 Å². The third kappa shape index (κ3) is 3.06. The molecule has 16 heavy (non-hydrogen) atoms. The van der Waals surface area contributed by atoms with Gasteiger partial charge in [0.25, 0.3) is 4.52 Å². The molecule has 1 aliphatic rings. The van der Waals surface area contributed by atoms with E-state index < -0.39 is 22.6 Å². The maximum Gasteiger partial charge on any atom is 0.413 e. The predicted octanol–water partition coefficient (Wildman–Crippen LogP) is 1.74. The number of rotatable bonds is 3. The highest BCUT2D eigenvalue weighted by molar-refractivity contribution is 6.50. The summed E-state index contributed by atoms with van der Waals surface area (Å²) in [6.07, 6.45) is -0.257. The van der Waals surface area contributed by atoms with Crippen molar-refractivity contribution < 1.29 is 19.1 Å². The zero-order valence-electron chi connectivity index (χ0n) is 8.41. The van der Waals surface area contributed by atoms with Crippen LogP contribution in [0.2, 0.25) is 0 Å². The van der Waals surface area contributed by atoms with Crippen molar-refractivity contribution in [1.29, 1.82) is 0 Å². The molecule has 5 nitrogen and oxygen atoms in total. The third-order valence-corrected chi connectivity index (χ3v) is 3.19. The minimum Gasteiger partial charge on any atom is -0.467 e. The Balaban J connectivity index is 2.53. The van der Waals surface area contributed by atoms with E-state index in [1.165, 1.54) is 12.0 Å². The van der Waals surface area contributed by atoms with Gasteiger partial charge in [-0.15, -0.1) is 11.6 Å². The number of amides is 1. The number of esters is 1. The standard InChI is InChI=1S/C8H10Cl3NO4/c1-15-6(13)5-2-3-12(5)7(14)16-8(10,11)4-9/h5H,2-4H2,1H3. The summed E-state index contributed by atoms with van der Waals surface area (Å²) in [4.78, 5) is 23.9. The molecule has 0 aromatic rings. The molecule has 1 amide bonds. The van der Waals surface area contributed by atoms with Gasteiger partial charge < -0.3 is 9.47 Å². The largest absolute Gasteiger partial charge is 0.467 e. The van der Waals surface area contributed by atoms with Gasteiger partial charge in [-0.1, -0.05) is 23.2 Å². The van der Waals surface area contributed by atoms with Gasteiger partial charge in [-0.3, -0.25) is 4.90 Å². The topological polar surface area (TPSA) is 55.8 Å². The lowest BCUT2D eigenvalue weighted by molar-refractivity contribution is -0.150. The van der Waals surface area contributed by atoms with Gasteiger partial charge >= 0.3 is 12.1 Å². The Labute approximate surface area is 108 Å². The maximum absolute atomic E-state index is 11.5. The van der Waals surface area contributed by atoms with Gasteiger partial charge in [0.2, 0.25) is 0 Å². The van der Waals surface area contributed by atoms with Crippen LogP contribution in [-0.2, 0) is 14.3 Å². The Kier molecular flexibility index (Phi) is 4.52. The number of hydrogen-bond acceptors (Lipinski definition) is 4. The van der Waals surface area contributed by atoms with Crippen molar-refractivity contribution >= 4 is 46.9 Å². The van der Waals surface area contributed by atoms with E-state index in [2.05, 4.69) is 4.74 Å². The fourth-order valence-corrected chi connectivity index (χ4v) is 1.39. The number of carbonyl (C=O) groups excluding carboxylic acids is 2. The molecule has 1 heterocycles. The molecule has 8 heteroatoms. The Bertz CT molecular complexity index is 297. The molecule has 1 rings (SSSR count). The summed E-state index contributed by atoms with van der Waals surface area (Å²) in [5.41, 5.74) is 0. The molecule has 1 saturated heterocycles. The van der Waals surface area contributed by atoms with E-state index in [0.717, 1.165) is 0 Å². The first-order valence-electron chi connectivity index (χ1n) is 4.42. The van der Waals surface area contributed by atoms with Crippen LogP contribution in [0.1, 0.15) is 6.42 Å². The molecule has 92 valence electrons. The highest BCUT2D eigenvalue weighted by Crippen LogP contribution is 2.28. The number of alkyl halides is 3. The molecule has 0 spiro atoms. The predicted molar refractivity (Wildman–Crippen MR) is 58.8 cm³/mol. The lowest BCUT2D eigenvalue weighted by Gasteiger charge is -2.38. The van der Waals surface area contributed by atoms with E-state index in [0.29, 0.717) is 13.0 Å². The minimum atomic E-state index is -1.78. The average molecular weight is 291 g/mol. The van der Waals surface area contributed by atoms with Crippen LogP contribution in [0.3, 0.4) is 0 Å². The van der Waals surface area contributed by atoms with Gasteiger partial charge in [-0.2, -0.15) is 0 Å². The molecule has 0 saturated carbocycles. The molecule has 1 atom stereocenters. The van der Waals surface area contributed by atoms with Crippen molar-refractivity contribution in [3.63, 3.8) is 0 Å². The summed E-state index contributed by atoms with van der Waals surface area (Å²) in [6, 6.07) is -0.628. The fourth-order valence-electron chi connectivity index (χ4n) is 1.20. The number of nitrogens with zero attached hydrogens (tertiary/aromatic N) is 1. The smallest absolute Gasteiger partial charge is 0.413 e. The molecular weight excluding hydrogens is 280 g/mol. The van der Waals surface area contributed by atoms with Crippen molar-refractivity contribution in [1.82, 2.24) is 4.90 Å². The van der Waals surface area contributed by atoms with Crippen LogP contribution in [0.25, 0.3) is 0 Å². The first-order chi connectivity index (χ1) is 7.41. The van der Waals surface area contributed by atoms with Crippen molar-refractivity contribution in [3.8, 4) is 0 Å². The number of halogens is 3. The van der Waals surface area contributed by atoms with Crippen LogP contribution in [0.4, 0.5) is 4.79 Å². The second kappa shape index (κ2) is 5.29. The Morgan fingerprint density at radius 3 is 2.50 bits per heavy atom. The van der Waals surface area contributed by atoms with Crippen molar-refractivity contribution in [2.45, 2.75) is 17.0 Å². The zero-order chi connectivity index (χ0) is 12.3. The van der Waals surface area contributed by atoms with Crippen molar-refractivity contribution in [3.05, 3.63) is 0 Å². The van der Waals surface area contributed by atoms with Gasteiger partial charge in [0.05, 0.1) is 13.0 Å². The SMILES string of the molecule is COC(=O)C1CCN1C(=O)OC(Cl)(Cl)CCl. The molecule has 0 aromatic heterocycles. The molecule has 1 aliphatic heterocycles. The van der Waals surface area contributed by atoms with E-state index in [1.807, 2.05) is 0 Å². The van der Waals surface area contributed by atoms with Gasteiger partial charge in [-0.05, 0) is 6.42 Å². The summed E-state index contributed by atoms with van der Waals surface area (Å²) in [7, 11) is 1.25. The van der Waals surface area contributed by atoms with Crippen molar-refractivity contribution in [2.75, 3.05) is 19.5 Å². The third-order valence-electron chi connectivity index (χ3n) is 2.12. The number of ether oxygens (including phenoxy) is 2. The number of hydrogen-bond donors (Lipinski definition) is 0. The second-order valence-corrected chi connectivity index (χ2v) is 4.84. The van der Waals surface area contributed by atoms with E-state index >= 15 is 0 Å². The Morgan fingerprint density at radius 2 is 2.12 bits per heavy atom. The first-order valence-corrected chi connectivity index (χ1v) is 5.71. The number of carbonyl (C=O) groups is 2. The van der Waals surface area contributed by atoms with Crippen molar-refractivity contribution in [2.24, 2.45) is 0 Å². The maximum atomic E-state index is 11.5. The molecule has 0 aromatic carbocycles. The Hall–Kier alpha value is -0.390. The molecule has 0 radical (unpaired) electrons. The van der Waals surface area contributed by atoms with Crippen LogP contribution < -0.4 is 0 Å². The minimum absolute atomic E-state index is 0.265. The molecule has 1 unspecified atom stereocenters. The van der Waals surface area contributed by atoms with Crippen LogP contribution in [0.5, 0.6) is 0 Å². The zero-order valence-corrected chi connectivity index (χ0v) is 10.7. The number of likely N-dealkylation sites (tertiary alicyclic amines) is 1. The van der Waals surface area contributed by atoms with Crippen LogP contribution in [0.15, 0.2) is 0 Å². The van der Waals surface area contributed by atoms with Crippen LogP contribution in [0, 0.1) is 0 Å². The quantitative estimate of drug-likeness (QED) is 0.587. The van der Waals surface area contributed by atoms with Crippen LogP contribution in [-0.4, -0.2) is 47.1 Å². The van der Waals surface area contributed by atoms with E-state index in [1.54, 1.807) is 0 Å². The van der Waals surface area contributed by atoms with Crippen LogP contribution >= 0.6 is 34.8 Å². The molecule has 1 fully saturated rings. The van der Waals surface area contributed by atoms with Gasteiger partial charge in [0.15, 0.2) is 0 Å². The lowest BCUT2D eigenvalue weighted by atomic mass is 10.1. The molecule has 0 N–H and O–H groups in total. The summed E-state index contributed by atoms with van der Waals surface area (Å²) < 4.78 is 7.42. The summed E-state index contributed by atoms with van der Waals surface area (Å²) in [6.45, 7) is 0.394. The highest BCUT2D eigenvalue weighted by Gasteiger charge is 2.42. The monoisotopic (exact) mass is 289 g/mol. The summed E-state index contributed by atoms with van der Waals surface area (Å²) in [5.74, 6) is -0.762. The molecule has 0 aliphatic carbocycles. The van der Waals surface area contributed by atoms with E-state index in [4.69, 9.17) is 39.5 Å². The Morgan fingerprint density at radius 1 is 1.50 bits per heavy atom. The summed E-state index contributed by atoms with van der Waals surface area (Å²) in [5, 5.41) is 0. The highest BCUT2D eigenvalue weighted by atomic mass is 35.5. The lowest BCUT2D eigenvalue weighted by Crippen LogP contribution is -2.56. The second-order valence-electron chi connectivity index (χ2n) is 3.16. The van der Waals surface area contributed by atoms with Gasteiger partial charge in [0.1, 0.15) is 6.04 Å². The van der Waals surface area contributed by atoms with E-state index in [9.17, 15) is 9.59 Å². The summed E-state index contributed by atoms with van der Waals surface area (Å²) >= 11 is 16.5. The molecular formula is C8H10Cl3NO4.